The maximum Gasteiger partial charge on any atom is 0.285 e. The summed E-state index contributed by atoms with van der Waals surface area (Å²) >= 11 is 1.28. The molecular formula is C20H25ClN4O4S3. The van der Waals surface area contributed by atoms with E-state index in [1.54, 1.807) is 13.0 Å². The van der Waals surface area contributed by atoms with Gasteiger partial charge in [-0.25, -0.2) is 13.1 Å². The van der Waals surface area contributed by atoms with Crippen LogP contribution in [0.2, 0.25) is 0 Å². The van der Waals surface area contributed by atoms with Gasteiger partial charge in [-0.15, -0.1) is 4.40 Å². The monoisotopic (exact) mass is 516 g/mol. The van der Waals surface area contributed by atoms with Crippen LogP contribution in [-0.4, -0.2) is 59.6 Å². The second-order valence-electron chi connectivity index (χ2n) is 7.46. The average molecular weight is 517 g/mol. The Kier molecular flexibility index (Phi) is 7.89. The fourth-order valence-electron chi connectivity index (χ4n) is 3.68. The van der Waals surface area contributed by atoms with Crippen molar-refractivity contribution in [3.05, 3.63) is 54.1 Å². The van der Waals surface area contributed by atoms with E-state index in [2.05, 4.69) is 21.3 Å². The SMILES string of the molecule is CCNS(=O)(=O)c1ccc2c(c1)S(=O)(=O)N=C(N1CC[NH+](Cc3ccccc3)CC1)S2.[Cl-]. The van der Waals surface area contributed by atoms with Crippen LogP contribution in [0, 0.1) is 0 Å². The predicted molar refractivity (Wildman–Crippen MR) is 120 cm³/mol. The Morgan fingerprint density at radius 2 is 1.81 bits per heavy atom. The van der Waals surface area contributed by atoms with E-state index in [1.807, 2.05) is 23.1 Å². The highest BCUT2D eigenvalue weighted by molar-refractivity contribution is 8.15. The second kappa shape index (κ2) is 10.1. The van der Waals surface area contributed by atoms with E-state index in [4.69, 9.17) is 0 Å². The van der Waals surface area contributed by atoms with Gasteiger partial charge >= 0.3 is 0 Å². The second-order valence-corrected chi connectivity index (χ2v) is 11.8. The summed E-state index contributed by atoms with van der Waals surface area (Å²) in [6.07, 6.45) is 0. The third-order valence-electron chi connectivity index (χ3n) is 5.28. The minimum atomic E-state index is -3.97. The molecule has 0 aromatic heterocycles. The maximum atomic E-state index is 12.8. The predicted octanol–water partition coefficient (Wildman–Crippen LogP) is -2.46. The number of nitrogens with zero attached hydrogens (tertiary/aromatic N) is 2. The number of quaternary nitrogens is 1. The largest absolute Gasteiger partial charge is 1.00 e. The van der Waals surface area contributed by atoms with E-state index < -0.39 is 20.0 Å². The Balaban J connectivity index is 0.00000289. The summed E-state index contributed by atoms with van der Waals surface area (Å²) in [6, 6.07) is 14.5. The summed E-state index contributed by atoms with van der Waals surface area (Å²) in [5, 5.41) is 0.452. The lowest BCUT2D eigenvalue weighted by Gasteiger charge is -2.34. The number of piperazine rings is 1. The molecule has 2 N–H and O–H groups in total. The van der Waals surface area contributed by atoms with E-state index in [0.717, 1.165) is 19.6 Å². The van der Waals surface area contributed by atoms with Crippen molar-refractivity contribution >= 4 is 37.0 Å². The Labute approximate surface area is 199 Å². The molecule has 2 heterocycles. The molecule has 1 saturated heterocycles. The summed E-state index contributed by atoms with van der Waals surface area (Å²) in [4.78, 5) is 3.82. The van der Waals surface area contributed by atoms with Crippen molar-refractivity contribution < 1.29 is 34.1 Å². The smallest absolute Gasteiger partial charge is 0.285 e. The number of amidine groups is 1. The minimum absolute atomic E-state index is 0. The minimum Gasteiger partial charge on any atom is -1.00 e. The van der Waals surface area contributed by atoms with Gasteiger partial charge in [0.05, 0.1) is 31.1 Å². The summed E-state index contributed by atoms with van der Waals surface area (Å²) < 4.78 is 56.5. The molecule has 2 aliphatic heterocycles. The number of hydrogen-bond donors (Lipinski definition) is 2. The van der Waals surface area contributed by atoms with Crippen LogP contribution in [0.1, 0.15) is 12.5 Å². The molecule has 174 valence electrons. The third kappa shape index (κ3) is 5.46. The van der Waals surface area contributed by atoms with E-state index in [1.165, 1.54) is 34.4 Å². The number of benzene rings is 2. The van der Waals surface area contributed by atoms with Crippen molar-refractivity contribution in [3.8, 4) is 0 Å². The first-order valence-electron chi connectivity index (χ1n) is 10.1. The molecule has 0 saturated carbocycles. The summed E-state index contributed by atoms with van der Waals surface area (Å²) in [6.45, 7) is 6.04. The molecule has 1 fully saturated rings. The Morgan fingerprint density at radius 1 is 1.12 bits per heavy atom. The fraction of sp³-hybridized carbons (Fsp3) is 0.350. The molecule has 2 aliphatic rings. The molecule has 32 heavy (non-hydrogen) atoms. The van der Waals surface area contributed by atoms with E-state index in [0.29, 0.717) is 23.2 Å². The zero-order valence-corrected chi connectivity index (χ0v) is 20.7. The van der Waals surface area contributed by atoms with Crippen molar-refractivity contribution in [2.24, 2.45) is 4.40 Å². The van der Waals surface area contributed by atoms with Crippen LogP contribution >= 0.6 is 11.8 Å². The first-order valence-corrected chi connectivity index (χ1v) is 13.8. The lowest BCUT2D eigenvalue weighted by molar-refractivity contribution is -0.917. The summed E-state index contributed by atoms with van der Waals surface area (Å²) in [5.41, 5.74) is 1.29. The summed E-state index contributed by atoms with van der Waals surface area (Å²) in [5.74, 6) is 0. The number of thioether (sulfide) groups is 1. The number of fused-ring (bicyclic) bond motifs is 1. The molecular weight excluding hydrogens is 492 g/mol. The fourth-order valence-corrected chi connectivity index (χ4v) is 7.53. The Hall–Kier alpha value is -1.63. The number of nitrogens with one attached hydrogen (secondary N) is 2. The van der Waals surface area contributed by atoms with Crippen LogP contribution < -0.4 is 22.0 Å². The number of hydrogen-bond acceptors (Lipinski definition) is 6. The maximum absolute atomic E-state index is 12.8. The quantitative estimate of drug-likeness (QED) is 0.457. The van der Waals surface area contributed by atoms with Gasteiger partial charge in [-0.2, -0.15) is 8.42 Å². The molecule has 2 aromatic carbocycles. The summed E-state index contributed by atoms with van der Waals surface area (Å²) in [7, 11) is -7.72. The first kappa shape index (κ1) is 25.0. The van der Waals surface area contributed by atoms with Gasteiger partial charge in [-0.3, -0.25) is 0 Å². The lowest BCUT2D eigenvalue weighted by atomic mass is 10.2. The van der Waals surface area contributed by atoms with Gasteiger partial charge in [0.15, 0.2) is 5.17 Å². The van der Waals surface area contributed by atoms with Crippen LogP contribution in [0.25, 0.3) is 0 Å². The average Bonchev–Trinajstić information content (AvgIpc) is 2.74. The van der Waals surface area contributed by atoms with Crippen LogP contribution in [0.5, 0.6) is 0 Å². The number of rotatable bonds is 5. The third-order valence-corrected chi connectivity index (χ3v) is 9.48. The molecule has 0 unspecified atom stereocenters. The Morgan fingerprint density at radius 3 is 2.47 bits per heavy atom. The van der Waals surface area contributed by atoms with Gasteiger partial charge in [0.25, 0.3) is 10.0 Å². The number of sulfonamides is 2. The highest BCUT2D eigenvalue weighted by atomic mass is 35.5. The highest BCUT2D eigenvalue weighted by Crippen LogP contribution is 2.36. The number of halogens is 1. The zero-order valence-electron chi connectivity index (χ0n) is 17.5. The van der Waals surface area contributed by atoms with Gasteiger partial charge in [0, 0.05) is 17.0 Å². The van der Waals surface area contributed by atoms with Crippen molar-refractivity contribution in [3.63, 3.8) is 0 Å². The standard InChI is InChI=1S/C20H24N4O4S3.ClH/c1-2-21-30(25,26)17-8-9-18-19(14-17)31(27,28)22-20(29-18)24-12-10-23(11-13-24)15-16-6-4-3-5-7-16;/h3-9,14,21H,2,10-13,15H2,1H3;1H. The van der Waals surface area contributed by atoms with Gasteiger partial charge in [0.1, 0.15) is 11.4 Å². The van der Waals surface area contributed by atoms with Crippen molar-refractivity contribution in [2.45, 2.75) is 28.2 Å². The Bertz CT molecular complexity index is 1200. The molecule has 8 nitrogen and oxygen atoms in total. The zero-order chi connectivity index (χ0) is 22.1. The van der Waals surface area contributed by atoms with E-state index in [9.17, 15) is 16.8 Å². The molecule has 4 rings (SSSR count). The van der Waals surface area contributed by atoms with E-state index in [-0.39, 0.29) is 28.7 Å². The lowest BCUT2D eigenvalue weighted by Crippen LogP contribution is -3.13. The first-order chi connectivity index (χ1) is 14.8. The highest BCUT2D eigenvalue weighted by Gasteiger charge is 2.32. The van der Waals surface area contributed by atoms with Crippen LogP contribution in [0.3, 0.4) is 0 Å². The normalized spacial score (nSPS) is 18.4. The molecule has 0 aliphatic carbocycles. The molecule has 0 amide bonds. The molecule has 2 aromatic rings. The van der Waals surface area contributed by atoms with E-state index >= 15 is 0 Å². The molecule has 0 atom stereocenters. The van der Waals surface area contributed by atoms with Gasteiger partial charge in [-0.1, -0.05) is 37.3 Å². The van der Waals surface area contributed by atoms with Gasteiger partial charge < -0.3 is 22.2 Å². The van der Waals surface area contributed by atoms with Crippen molar-refractivity contribution in [1.29, 1.82) is 0 Å². The molecule has 0 radical (unpaired) electrons. The van der Waals surface area contributed by atoms with Gasteiger partial charge in [-0.05, 0) is 30.0 Å². The molecule has 0 bridgehead atoms. The van der Waals surface area contributed by atoms with Crippen LogP contribution in [0.15, 0.2) is 67.6 Å². The van der Waals surface area contributed by atoms with Gasteiger partial charge in [0.2, 0.25) is 10.0 Å². The van der Waals surface area contributed by atoms with Crippen molar-refractivity contribution in [2.75, 3.05) is 32.7 Å². The molecule has 12 heteroatoms. The van der Waals surface area contributed by atoms with Crippen LogP contribution in [-0.2, 0) is 26.6 Å². The van der Waals surface area contributed by atoms with Crippen molar-refractivity contribution in [1.82, 2.24) is 9.62 Å². The van der Waals surface area contributed by atoms with Crippen LogP contribution in [0.4, 0.5) is 0 Å². The molecule has 0 spiro atoms. The topological polar surface area (TPSA) is 100 Å².